The normalized spacial score (nSPS) is 16.6. The lowest BCUT2D eigenvalue weighted by Crippen LogP contribution is -2.41. The summed E-state index contributed by atoms with van der Waals surface area (Å²) in [5, 5.41) is 0. The molecule has 0 radical (unpaired) electrons. The maximum Gasteiger partial charge on any atom is 0.410 e. The Bertz CT molecular complexity index is 504. The summed E-state index contributed by atoms with van der Waals surface area (Å²) in [6, 6.07) is 1.99. The van der Waals surface area contributed by atoms with Crippen LogP contribution in [0.5, 0.6) is 0 Å². The van der Waals surface area contributed by atoms with Gasteiger partial charge in [-0.05, 0) is 46.1 Å². The molecule has 0 atom stereocenters. The van der Waals surface area contributed by atoms with Crippen LogP contribution >= 0.6 is 0 Å². The van der Waals surface area contributed by atoms with E-state index in [-0.39, 0.29) is 11.6 Å². The zero-order valence-corrected chi connectivity index (χ0v) is 12.9. The molecule has 1 fully saturated rings. The van der Waals surface area contributed by atoms with Crippen molar-refractivity contribution in [3.63, 3.8) is 0 Å². The molecule has 0 bridgehead atoms. The van der Waals surface area contributed by atoms with Gasteiger partial charge in [-0.1, -0.05) is 6.92 Å². The van der Waals surface area contributed by atoms with Crippen molar-refractivity contribution >= 4 is 6.09 Å². The summed E-state index contributed by atoms with van der Waals surface area (Å²) in [5.74, 6) is 0. The lowest BCUT2D eigenvalue weighted by molar-refractivity contribution is 0.0185. The quantitative estimate of drug-likeness (QED) is 0.852. The van der Waals surface area contributed by atoms with Crippen LogP contribution < -0.4 is 0 Å². The van der Waals surface area contributed by atoms with Crippen LogP contribution in [0.25, 0.3) is 0 Å². The Morgan fingerprint density at radius 2 is 2.05 bits per heavy atom. The number of amides is 1. The van der Waals surface area contributed by atoms with Gasteiger partial charge in [0.15, 0.2) is 0 Å². The second-order valence-corrected chi connectivity index (χ2v) is 6.32. The topological polar surface area (TPSA) is 55.3 Å². The summed E-state index contributed by atoms with van der Waals surface area (Å²) in [4.78, 5) is 22.5. The fourth-order valence-electron chi connectivity index (χ4n) is 2.23. The number of carbonyl (C=O) groups excluding carboxylic acids is 1. The van der Waals surface area contributed by atoms with E-state index in [9.17, 15) is 4.79 Å². The first kappa shape index (κ1) is 14.8. The molecule has 1 amide bonds. The molecule has 0 N–H and O–H groups in total. The zero-order valence-electron chi connectivity index (χ0n) is 12.9. The Balaban J connectivity index is 2.20. The Labute approximate surface area is 120 Å². The minimum atomic E-state index is -0.484. The molecule has 1 aliphatic carbocycles. The standard InChI is InChI=1S/C15H23N3O2/c1-6-11-9-12(17-10-16-11)15(7-8-15)18(5)13(19)20-14(2,3)4/h9-10H,6-8H2,1-5H3. The molecule has 0 saturated heterocycles. The van der Waals surface area contributed by atoms with Crippen molar-refractivity contribution in [1.29, 1.82) is 0 Å². The van der Waals surface area contributed by atoms with E-state index in [0.717, 1.165) is 30.7 Å². The average molecular weight is 277 g/mol. The minimum Gasteiger partial charge on any atom is -0.444 e. The fourth-order valence-corrected chi connectivity index (χ4v) is 2.23. The molecule has 2 rings (SSSR count). The number of hydrogen-bond donors (Lipinski definition) is 0. The first-order valence-corrected chi connectivity index (χ1v) is 7.07. The Morgan fingerprint density at radius 1 is 1.40 bits per heavy atom. The van der Waals surface area contributed by atoms with Gasteiger partial charge < -0.3 is 4.74 Å². The summed E-state index contributed by atoms with van der Waals surface area (Å²) in [6.45, 7) is 7.68. The predicted octanol–water partition coefficient (Wildman–Crippen LogP) is 2.90. The van der Waals surface area contributed by atoms with Crippen LogP contribution in [0.2, 0.25) is 0 Å². The van der Waals surface area contributed by atoms with Gasteiger partial charge in [0, 0.05) is 12.7 Å². The van der Waals surface area contributed by atoms with Crippen molar-refractivity contribution in [2.75, 3.05) is 7.05 Å². The molecule has 1 saturated carbocycles. The van der Waals surface area contributed by atoms with E-state index in [1.165, 1.54) is 0 Å². The van der Waals surface area contributed by atoms with Crippen molar-refractivity contribution in [3.05, 3.63) is 23.8 Å². The Morgan fingerprint density at radius 3 is 2.55 bits per heavy atom. The lowest BCUT2D eigenvalue weighted by Gasteiger charge is -2.30. The highest BCUT2D eigenvalue weighted by atomic mass is 16.6. The van der Waals surface area contributed by atoms with Gasteiger partial charge in [-0.3, -0.25) is 4.90 Å². The first-order valence-electron chi connectivity index (χ1n) is 7.07. The number of carbonyl (C=O) groups is 1. The third-order valence-corrected chi connectivity index (χ3v) is 3.60. The molecule has 5 nitrogen and oxygen atoms in total. The van der Waals surface area contributed by atoms with Crippen molar-refractivity contribution in [3.8, 4) is 0 Å². The van der Waals surface area contributed by atoms with E-state index in [1.807, 2.05) is 26.8 Å². The van der Waals surface area contributed by atoms with Gasteiger partial charge in [0.1, 0.15) is 11.9 Å². The van der Waals surface area contributed by atoms with Crippen molar-refractivity contribution in [2.24, 2.45) is 0 Å². The van der Waals surface area contributed by atoms with Crippen molar-refractivity contribution < 1.29 is 9.53 Å². The minimum absolute atomic E-state index is 0.299. The fraction of sp³-hybridized carbons (Fsp3) is 0.667. The number of aromatic nitrogens is 2. The van der Waals surface area contributed by atoms with E-state index in [1.54, 1.807) is 18.3 Å². The molecule has 0 spiro atoms. The zero-order chi connectivity index (χ0) is 15.0. The van der Waals surface area contributed by atoms with E-state index >= 15 is 0 Å². The first-order chi connectivity index (χ1) is 9.28. The summed E-state index contributed by atoms with van der Waals surface area (Å²) in [6.07, 6.45) is 3.98. The second kappa shape index (κ2) is 5.04. The Kier molecular flexibility index (Phi) is 3.71. The van der Waals surface area contributed by atoms with E-state index < -0.39 is 5.60 Å². The number of nitrogens with zero attached hydrogens (tertiary/aromatic N) is 3. The van der Waals surface area contributed by atoms with Gasteiger partial charge in [0.05, 0.1) is 11.2 Å². The maximum atomic E-state index is 12.2. The highest BCUT2D eigenvalue weighted by Crippen LogP contribution is 2.49. The van der Waals surface area contributed by atoms with Crippen LogP contribution in [-0.2, 0) is 16.7 Å². The summed E-state index contributed by atoms with van der Waals surface area (Å²) >= 11 is 0. The van der Waals surface area contributed by atoms with Crippen LogP contribution in [0.15, 0.2) is 12.4 Å². The third-order valence-electron chi connectivity index (χ3n) is 3.60. The molecule has 1 aromatic heterocycles. The molecule has 110 valence electrons. The maximum absolute atomic E-state index is 12.2. The molecular formula is C15H23N3O2. The number of rotatable bonds is 3. The number of aryl methyl sites for hydroxylation is 1. The predicted molar refractivity (Wildman–Crippen MR) is 76.3 cm³/mol. The molecular weight excluding hydrogens is 254 g/mol. The van der Waals surface area contributed by atoms with Crippen molar-refractivity contribution in [1.82, 2.24) is 14.9 Å². The molecule has 1 aromatic rings. The number of ether oxygens (including phenoxy) is 1. The van der Waals surface area contributed by atoms with Gasteiger partial charge in [0.2, 0.25) is 0 Å². The van der Waals surface area contributed by atoms with E-state index in [2.05, 4.69) is 16.9 Å². The van der Waals surface area contributed by atoms with E-state index in [4.69, 9.17) is 4.74 Å². The SMILES string of the molecule is CCc1cc(C2(N(C)C(=O)OC(C)(C)C)CC2)ncn1. The molecule has 1 heterocycles. The van der Waals surface area contributed by atoms with Crippen LogP contribution in [0.1, 0.15) is 51.9 Å². The van der Waals surface area contributed by atoms with Crippen LogP contribution in [0, 0.1) is 0 Å². The van der Waals surface area contributed by atoms with E-state index in [0.29, 0.717) is 0 Å². The largest absolute Gasteiger partial charge is 0.444 e. The molecule has 1 aliphatic rings. The van der Waals surface area contributed by atoms with Crippen LogP contribution in [0.4, 0.5) is 4.79 Å². The highest BCUT2D eigenvalue weighted by molar-refractivity contribution is 5.70. The van der Waals surface area contributed by atoms with Gasteiger partial charge >= 0.3 is 6.09 Å². The lowest BCUT2D eigenvalue weighted by atomic mass is 10.1. The summed E-state index contributed by atoms with van der Waals surface area (Å²) in [7, 11) is 1.79. The monoisotopic (exact) mass is 277 g/mol. The summed E-state index contributed by atoms with van der Waals surface area (Å²) < 4.78 is 5.45. The molecule has 0 aliphatic heterocycles. The molecule has 0 aromatic carbocycles. The smallest absolute Gasteiger partial charge is 0.410 e. The van der Waals surface area contributed by atoms with Gasteiger partial charge in [-0.25, -0.2) is 14.8 Å². The molecule has 20 heavy (non-hydrogen) atoms. The van der Waals surface area contributed by atoms with Crippen LogP contribution in [0.3, 0.4) is 0 Å². The van der Waals surface area contributed by atoms with Crippen LogP contribution in [-0.4, -0.2) is 33.6 Å². The highest BCUT2D eigenvalue weighted by Gasteiger charge is 2.52. The van der Waals surface area contributed by atoms with Gasteiger partial charge in [-0.15, -0.1) is 0 Å². The third kappa shape index (κ3) is 2.92. The second-order valence-electron chi connectivity index (χ2n) is 6.32. The summed E-state index contributed by atoms with van der Waals surface area (Å²) in [5.41, 5.74) is 1.12. The van der Waals surface area contributed by atoms with Gasteiger partial charge in [-0.2, -0.15) is 0 Å². The van der Waals surface area contributed by atoms with Gasteiger partial charge in [0.25, 0.3) is 0 Å². The molecule has 0 unspecified atom stereocenters. The number of hydrogen-bond acceptors (Lipinski definition) is 4. The average Bonchev–Trinajstić information content (AvgIpc) is 3.17. The van der Waals surface area contributed by atoms with Crippen molar-refractivity contribution in [2.45, 2.75) is 58.1 Å². The Hall–Kier alpha value is -1.65. The molecule has 5 heteroatoms.